The molecule has 0 saturated heterocycles. The third-order valence-corrected chi connectivity index (χ3v) is 3.38. The van der Waals surface area contributed by atoms with Crippen molar-refractivity contribution in [1.29, 1.82) is 0 Å². The number of carbonyl (C=O) groups excluding carboxylic acids is 3. The molecule has 0 aromatic carbocycles. The van der Waals surface area contributed by atoms with Gasteiger partial charge in [0.15, 0.2) is 11.6 Å². The van der Waals surface area contributed by atoms with Crippen LogP contribution in [0.3, 0.4) is 0 Å². The first-order valence-electron chi connectivity index (χ1n) is 8.14. The van der Waals surface area contributed by atoms with Gasteiger partial charge in [0.2, 0.25) is 0 Å². The highest BCUT2D eigenvalue weighted by atomic mass is 16.6. The van der Waals surface area contributed by atoms with Crippen LogP contribution in [0.25, 0.3) is 0 Å². The van der Waals surface area contributed by atoms with Crippen LogP contribution in [0.4, 0.5) is 4.79 Å². The van der Waals surface area contributed by atoms with Crippen molar-refractivity contribution in [3.05, 3.63) is 11.3 Å². The zero-order valence-corrected chi connectivity index (χ0v) is 15.0. The van der Waals surface area contributed by atoms with Gasteiger partial charge < -0.3 is 4.74 Å². The predicted molar refractivity (Wildman–Crippen MR) is 87.5 cm³/mol. The molecule has 130 valence electrons. The van der Waals surface area contributed by atoms with Crippen LogP contribution >= 0.6 is 0 Å². The molecule has 0 bridgehead atoms. The number of ketones is 2. The minimum Gasteiger partial charge on any atom is -0.442 e. The number of rotatable bonds is 5. The van der Waals surface area contributed by atoms with Crippen molar-refractivity contribution in [1.82, 2.24) is 10.4 Å². The summed E-state index contributed by atoms with van der Waals surface area (Å²) in [6.45, 7) is 11.0. The molecular formula is C17H28N2O4. The summed E-state index contributed by atoms with van der Waals surface area (Å²) < 4.78 is 5.33. The quantitative estimate of drug-likeness (QED) is 0.621. The molecule has 0 unspecified atom stereocenters. The highest BCUT2D eigenvalue weighted by Gasteiger charge is 2.30. The van der Waals surface area contributed by atoms with Gasteiger partial charge in [-0.3, -0.25) is 15.0 Å². The van der Waals surface area contributed by atoms with E-state index in [2.05, 4.69) is 5.43 Å². The van der Waals surface area contributed by atoms with Gasteiger partial charge in [-0.1, -0.05) is 13.8 Å². The fourth-order valence-electron chi connectivity index (χ4n) is 2.26. The summed E-state index contributed by atoms with van der Waals surface area (Å²) >= 11 is 0. The number of ether oxygens (including phenoxy) is 1. The van der Waals surface area contributed by atoms with Crippen LogP contribution < -0.4 is 5.43 Å². The zero-order chi connectivity index (χ0) is 17.8. The molecule has 23 heavy (non-hydrogen) atoms. The Kier molecular flexibility index (Phi) is 6.36. The summed E-state index contributed by atoms with van der Waals surface area (Å²) in [5.74, 6) is -0.601. The predicted octanol–water partition coefficient (Wildman–Crippen LogP) is 2.98. The standard InChI is InChI=1S/C17H28N2O4/c1-7-19(16(22)23-17(4,5)6)18-12-9-8-10-13(20)14(12)15(21)11(2)3/h11,18H,7-10H2,1-6H3. The molecule has 1 aliphatic carbocycles. The molecule has 6 heteroatoms. The molecule has 0 saturated carbocycles. The van der Waals surface area contributed by atoms with E-state index < -0.39 is 11.7 Å². The number of hydrogen-bond donors (Lipinski definition) is 1. The fourth-order valence-corrected chi connectivity index (χ4v) is 2.26. The second-order valence-corrected chi connectivity index (χ2v) is 6.99. The van der Waals surface area contributed by atoms with Crippen molar-refractivity contribution >= 4 is 17.7 Å². The number of Topliss-reactive ketones (excluding diaryl/α,β-unsaturated/α-hetero) is 2. The van der Waals surface area contributed by atoms with Gasteiger partial charge in [0.1, 0.15) is 5.60 Å². The Balaban J connectivity index is 3.04. The number of hydrazine groups is 1. The van der Waals surface area contributed by atoms with Crippen molar-refractivity contribution in [3.63, 3.8) is 0 Å². The molecule has 1 rings (SSSR count). The van der Waals surface area contributed by atoms with E-state index in [1.54, 1.807) is 41.5 Å². The highest BCUT2D eigenvalue weighted by molar-refractivity contribution is 6.21. The number of carbonyl (C=O) groups is 3. The van der Waals surface area contributed by atoms with Crippen molar-refractivity contribution in [2.75, 3.05) is 6.54 Å². The second kappa shape index (κ2) is 7.62. The Labute approximate surface area is 138 Å². The lowest BCUT2D eigenvalue weighted by Gasteiger charge is -2.30. The molecule has 0 aromatic heterocycles. The zero-order valence-electron chi connectivity index (χ0n) is 15.0. The molecule has 0 aromatic rings. The number of hydrogen-bond acceptors (Lipinski definition) is 5. The average Bonchev–Trinajstić information content (AvgIpc) is 2.42. The summed E-state index contributed by atoms with van der Waals surface area (Å²) in [6, 6.07) is 0. The molecule has 6 nitrogen and oxygen atoms in total. The lowest BCUT2D eigenvalue weighted by atomic mass is 9.88. The largest absolute Gasteiger partial charge is 0.442 e. The van der Waals surface area contributed by atoms with E-state index in [9.17, 15) is 14.4 Å². The summed E-state index contributed by atoms with van der Waals surface area (Å²) in [6.07, 6.45) is 1.08. The number of allylic oxidation sites excluding steroid dienone is 2. The monoisotopic (exact) mass is 324 g/mol. The first kappa shape index (κ1) is 19.2. The maximum atomic E-state index is 12.3. The van der Waals surface area contributed by atoms with Gasteiger partial charge >= 0.3 is 6.09 Å². The summed E-state index contributed by atoms with van der Waals surface area (Å²) in [7, 11) is 0. The summed E-state index contributed by atoms with van der Waals surface area (Å²) in [5.41, 5.74) is 3.05. The van der Waals surface area contributed by atoms with Crippen LogP contribution in [-0.2, 0) is 14.3 Å². The van der Waals surface area contributed by atoms with E-state index in [0.29, 0.717) is 31.5 Å². The number of nitrogens with one attached hydrogen (secondary N) is 1. The normalized spacial score (nSPS) is 15.7. The Morgan fingerprint density at radius 2 is 1.87 bits per heavy atom. The molecule has 0 aliphatic heterocycles. The minimum absolute atomic E-state index is 0.155. The van der Waals surface area contributed by atoms with Crippen LogP contribution in [0, 0.1) is 5.92 Å². The molecule has 0 atom stereocenters. The van der Waals surface area contributed by atoms with Gasteiger partial charge in [-0.25, -0.2) is 9.80 Å². The van der Waals surface area contributed by atoms with Crippen LogP contribution in [0.2, 0.25) is 0 Å². The lowest BCUT2D eigenvalue weighted by molar-refractivity contribution is -0.123. The maximum absolute atomic E-state index is 12.3. The van der Waals surface area contributed by atoms with Crippen LogP contribution in [0.5, 0.6) is 0 Å². The molecule has 0 heterocycles. The van der Waals surface area contributed by atoms with Crippen molar-refractivity contribution in [3.8, 4) is 0 Å². The topological polar surface area (TPSA) is 75.7 Å². The van der Waals surface area contributed by atoms with Gasteiger partial charge in [0, 0.05) is 24.6 Å². The molecule has 1 aliphatic rings. The Morgan fingerprint density at radius 3 is 2.35 bits per heavy atom. The SMILES string of the molecule is CCN(NC1=C(C(=O)C(C)C)C(=O)CCC1)C(=O)OC(C)(C)C. The Bertz CT molecular complexity index is 515. The Hall–Kier alpha value is -1.85. The highest BCUT2D eigenvalue weighted by Crippen LogP contribution is 2.24. The van der Waals surface area contributed by atoms with E-state index in [1.807, 2.05) is 0 Å². The average molecular weight is 324 g/mol. The molecular weight excluding hydrogens is 296 g/mol. The second-order valence-electron chi connectivity index (χ2n) is 6.99. The number of amides is 1. The van der Waals surface area contributed by atoms with E-state index in [4.69, 9.17) is 4.74 Å². The van der Waals surface area contributed by atoms with Crippen molar-refractivity contribution in [2.45, 2.75) is 66.4 Å². The van der Waals surface area contributed by atoms with Gasteiger partial charge in [0.25, 0.3) is 0 Å². The van der Waals surface area contributed by atoms with Gasteiger partial charge in [-0.05, 0) is 40.5 Å². The lowest BCUT2D eigenvalue weighted by Crippen LogP contribution is -2.46. The third-order valence-electron chi connectivity index (χ3n) is 3.38. The van der Waals surface area contributed by atoms with Crippen molar-refractivity contribution < 1.29 is 19.1 Å². The van der Waals surface area contributed by atoms with Gasteiger partial charge in [-0.2, -0.15) is 0 Å². The fraction of sp³-hybridized carbons (Fsp3) is 0.706. The smallest absolute Gasteiger partial charge is 0.429 e. The van der Waals surface area contributed by atoms with E-state index >= 15 is 0 Å². The summed E-state index contributed by atoms with van der Waals surface area (Å²) in [5, 5.41) is 1.30. The van der Waals surface area contributed by atoms with Crippen LogP contribution in [0.15, 0.2) is 11.3 Å². The maximum Gasteiger partial charge on any atom is 0.429 e. The first-order valence-corrected chi connectivity index (χ1v) is 8.14. The van der Waals surface area contributed by atoms with Gasteiger partial charge in [0.05, 0.1) is 5.57 Å². The van der Waals surface area contributed by atoms with E-state index in [-0.39, 0.29) is 23.1 Å². The van der Waals surface area contributed by atoms with E-state index in [0.717, 1.165) is 0 Å². The van der Waals surface area contributed by atoms with Crippen LogP contribution in [-0.4, -0.2) is 34.8 Å². The molecule has 1 N–H and O–H groups in total. The molecule has 1 amide bonds. The summed E-state index contributed by atoms with van der Waals surface area (Å²) in [4.78, 5) is 36.7. The van der Waals surface area contributed by atoms with Crippen molar-refractivity contribution in [2.24, 2.45) is 5.92 Å². The Morgan fingerprint density at radius 1 is 1.26 bits per heavy atom. The molecule has 0 spiro atoms. The van der Waals surface area contributed by atoms with E-state index in [1.165, 1.54) is 5.01 Å². The molecule has 0 fully saturated rings. The first-order chi connectivity index (χ1) is 10.6. The third kappa shape index (κ3) is 5.37. The van der Waals surface area contributed by atoms with Crippen LogP contribution in [0.1, 0.15) is 60.8 Å². The van der Waals surface area contributed by atoms with Gasteiger partial charge in [-0.15, -0.1) is 0 Å². The molecule has 0 radical (unpaired) electrons. The number of nitrogens with zero attached hydrogens (tertiary/aromatic N) is 1. The minimum atomic E-state index is -0.612.